The van der Waals surface area contributed by atoms with Crippen molar-refractivity contribution in [3.05, 3.63) is 115 Å². The molecule has 0 aliphatic carbocycles. The molecule has 166 valence electrons. The van der Waals surface area contributed by atoms with E-state index >= 15 is 0 Å². The minimum absolute atomic E-state index is 0.847. The standard InChI is InChI=1S/C33H22O2/c1-34-23-17-15-22(16-18-23)31-28-20-19-27-24-11-7-8-14-29(24)35-33(27)32(28)26-13-6-5-12-25(26)30(31)21-9-3-2-4-10-21/h2-20H,1H3. The second-order valence-electron chi connectivity index (χ2n) is 8.85. The van der Waals surface area contributed by atoms with Crippen LogP contribution < -0.4 is 4.74 Å². The molecule has 0 N–H and O–H groups in total. The summed E-state index contributed by atoms with van der Waals surface area (Å²) in [6.07, 6.45) is 0. The van der Waals surface area contributed by atoms with Crippen LogP contribution in [0.3, 0.4) is 0 Å². The zero-order valence-corrected chi connectivity index (χ0v) is 19.3. The first-order valence-corrected chi connectivity index (χ1v) is 11.8. The largest absolute Gasteiger partial charge is 0.497 e. The quantitative estimate of drug-likeness (QED) is 0.250. The van der Waals surface area contributed by atoms with Gasteiger partial charge < -0.3 is 9.15 Å². The van der Waals surface area contributed by atoms with Gasteiger partial charge in [-0.15, -0.1) is 0 Å². The fourth-order valence-corrected chi connectivity index (χ4v) is 5.42. The van der Waals surface area contributed by atoms with E-state index in [1.165, 1.54) is 32.8 Å². The second-order valence-corrected chi connectivity index (χ2v) is 8.85. The molecule has 0 saturated carbocycles. The summed E-state index contributed by atoms with van der Waals surface area (Å²) in [7, 11) is 1.70. The summed E-state index contributed by atoms with van der Waals surface area (Å²) in [4.78, 5) is 0. The van der Waals surface area contributed by atoms with Crippen LogP contribution in [0, 0.1) is 0 Å². The lowest BCUT2D eigenvalue weighted by Crippen LogP contribution is -1.92. The average molecular weight is 451 g/mol. The Morgan fingerprint density at radius 2 is 1.09 bits per heavy atom. The van der Waals surface area contributed by atoms with E-state index in [1.807, 2.05) is 24.3 Å². The van der Waals surface area contributed by atoms with Crippen molar-refractivity contribution in [3.63, 3.8) is 0 Å². The zero-order chi connectivity index (χ0) is 23.4. The first kappa shape index (κ1) is 19.9. The van der Waals surface area contributed by atoms with Crippen molar-refractivity contribution < 1.29 is 9.15 Å². The van der Waals surface area contributed by atoms with E-state index < -0.39 is 0 Å². The van der Waals surface area contributed by atoms with Crippen molar-refractivity contribution in [2.45, 2.75) is 0 Å². The number of methoxy groups -OCH3 is 1. The Hall–Kier alpha value is -4.56. The van der Waals surface area contributed by atoms with Crippen LogP contribution in [0.15, 0.2) is 120 Å². The molecular weight excluding hydrogens is 428 g/mol. The highest BCUT2D eigenvalue weighted by atomic mass is 16.5. The lowest BCUT2D eigenvalue weighted by molar-refractivity contribution is 0.415. The number of hydrogen-bond donors (Lipinski definition) is 0. The van der Waals surface area contributed by atoms with Gasteiger partial charge in [-0.3, -0.25) is 0 Å². The lowest BCUT2D eigenvalue weighted by atomic mass is 9.84. The maximum atomic E-state index is 6.53. The number of ether oxygens (including phenoxy) is 1. The fraction of sp³-hybridized carbons (Fsp3) is 0.0303. The summed E-state index contributed by atoms with van der Waals surface area (Å²) in [6.45, 7) is 0. The Bertz CT molecular complexity index is 1860. The van der Waals surface area contributed by atoms with Crippen LogP contribution in [0.4, 0.5) is 0 Å². The third-order valence-corrected chi connectivity index (χ3v) is 6.97. The summed E-state index contributed by atoms with van der Waals surface area (Å²) in [5.41, 5.74) is 6.63. The van der Waals surface area contributed by atoms with Gasteiger partial charge in [-0.25, -0.2) is 0 Å². The highest BCUT2D eigenvalue weighted by molar-refractivity contribution is 6.29. The van der Waals surface area contributed by atoms with Gasteiger partial charge in [0.05, 0.1) is 7.11 Å². The van der Waals surface area contributed by atoms with E-state index in [2.05, 4.69) is 91.0 Å². The average Bonchev–Trinajstić information content (AvgIpc) is 3.31. The van der Waals surface area contributed by atoms with Crippen LogP contribution in [-0.4, -0.2) is 7.11 Å². The molecule has 6 aromatic carbocycles. The predicted molar refractivity (Wildman–Crippen MR) is 146 cm³/mol. The lowest BCUT2D eigenvalue weighted by Gasteiger charge is -2.19. The van der Waals surface area contributed by atoms with Crippen molar-refractivity contribution in [2.24, 2.45) is 0 Å². The number of rotatable bonds is 3. The zero-order valence-electron chi connectivity index (χ0n) is 19.3. The van der Waals surface area contributed by atoms with Crippen LogP contribution in [0.25, 0.3) is 65.7 Å². The molecule has 1 heterocycles. The molecule has 0 aliphatic heterocycles. The molecule has 0 fully saturated rings. The SMILES string of the molecule is COc1ccc(-c2c(-c3ccccc3)c3ccccc3c3c2ccc2c4ccccc4oc23)cc1. The molecule has 0 atom stereocenters. The van der Waals surface area contributed by atoms with Crippen LogP contribution in [0.1, 0.15) is 0 Å². The summed E-state index contributed by atoms with van der Waals surface area (Å²) < 4.78 is 12.0. The van der Waals surface area contributed by atoms with Crippen LogP contribution in [0.2, 0.25) is 0 Å². The monoisotopic (exact) mass is 450 g/mol. The number of para-hydroxylation sites is 1. The van der Waals surface area contributed by atoms with Crippen molar-refractivity contribution in [3.8, 4) is 28.0 Å². The topological polar surface area (TPSA) is 22.4 Å². The number of fused-ring (bicyclic) bond motifs is 7. The third-order valence-electron chi connectivity index (χ3n) is 6.97. The van der Waals surface area contributed by atoms with Gasteiger partial charge in [0, 0.05) is 16.2 Å². The maximum absolute atomic E-state index is 6.53. The molecule has 7 aromatic rings. The normalized spacial score (nSPS) is 11.6. The smallest absolute Gasteiger partial charge is 0.143 e. The molecule has 1 aromatic heterocycles. The third kappa shape index (κ3) is 2.97. The molecule has 0 unspecified atom stereocenters. The number of furan rings is 1. The van der Waals surface area contributed by atoms with Gasteiger partial charge in [-0.1, -0.05) is 91.0 Å². The van der Waals surface area contributed by atoms with Gasteiger partial charge in [0.15, 0.2) is 0 Å². The van der Waals surface area contributed by atoms with Gasteiger partial charge in [-0.05, 0) is 62.7 Å². The highest BCUT2D eigenvalue weighted by Crippen LogP contribution is 2.47. The highest BCUT2D eigenvalue weighted by Gasteiger charge is 2.21. The van der Waals surface area contributed by atoms with E-state index in [-0.39, 0.29) is 0 Å². The van der Waals surface area contributed by atoms with E-state index in [0.29, 0.717) is 0 Å². The molecule has 35 heavy (non-hydrogen) atoms. The van der Waals surface area contributed by atoms with Crippen LogP contribution in [-0.2, 0) is 0 Å². The summed E-state index contributed by atoms with van der Waals surface area (Å²) in [5, 5.41) is 7.03. The van der Waals surface area contributed by atoms with Crippen molar-refractivity contribution in [1.29, 1.82) is 0 Å². The predicted octanol–water partition coefficient (Wildman–Crippen LogP) is 9.23. The van der Waals surface area contributed by atoms with E-state index in [1.54, 1.807) is 7.11 Å². The van der Waals surface area contributed by atoms with Gasteiger partial charge >= 0.3 is 0 Å². The molecule has 7 rings (SSSR count). The Balaban J connectivity index is 1.73. The number of hydrogen-bond acceptors (Lipinski definition) is 2. The molecule has 0 spiro atoms. The molecule has 0 aliphatic rings. The van der Waals surface area contributed by atoms with E-state index in [9.17, 15) is 0 Å². The molecule has 2 heteroatoms. The van der Waals surface area contributed by atoms with Gasteiger partial charge in [0.25, 0.3) is 0 Å². The van der Waals surface area contributed by atoms with Crippen molar-refractivity contribution in [1.82, 2.24) is 0 Å². The van der Waals surface area contributed by atoms with Crippen LogP contribution in [0.5, 0.6) is 5.75 Å². The van der Waals surface area contributed by atoms with Gasteiger partial charge in [-0.2, -0.15) is 0 Å². The minimum atomic E-state index is 0.847. The first-order chi connectivity index (χ1) is 17.3. The van der Waals surface area contributed by atoms with Crippen molar-refractivity contribution in [2.75, 3.05) is 7.11 Å². The van der Waals surface area contributed by atoms with Gasteiger partial charge in [0.2, 0.25) is 0 Å². The molecule has 0 amide bonds. The summed E-state index contributed by atoms with van der Waals surface area (Å²) in [5.74, 6) is 0.847. The van der Waals surface area contributed by atoms with Crippen molar-refractivity contribution >= 4 is 43.5 Å². The Morgan fingerprint density at radius 3 is 1.86 bits per heavy atom. The fourth-order valence-electron chi connectivity index (χ4n) is 5.42. The Morgan fingerprint density at radius 1 is 0.486 bits per heavy atom. The Kier molecular flexibility index (Phi) is 4.40. The minimum Gasteiger partial charge on any atom is -0.497 e. The molecular formula is C33H22O2. The molecule has 2 nitrogen and oxygen atoms in total. The Labute approximate surface area is 203 Å². The first-order valence-electron chi connectivity index (χ1n) is 11.8. The maximum Gasteiger partial charge on any atom is 0.143 e. The van der Waals surface area contributed by atoms with Crippen LogP contribution >= 0.6 is 0 Å². The second kappa shape index (κ2) is 7.75. The number of benzene rings is 6. The van der Waals surface area contributed by atoms with E-state index in [0.717, 1.165) is 38.6 Å². The molecule has 0 saturated heterocycles. The van der Waals surface area contributed by atoms with E-state index in [4.69, 9.17) is 9.15 Å². The van der Waals surface area contributed by atoms with Gasteiger partial charge in [0.1, 0.15) is 16.9 Å². The molecule has 0 bridgehead atoms. The summed E-state index contributed by atoms with van der Waals surface area (Å²) >= 11 is 0. The summed E-state index contributed by atoms with van der Waals surface area (Å²) in [6, 6.07) is 40.5. The molecule has 0 radical (unpaired) electrons.